The summed E-state index contributed by atoms with van der Waals surface area (Å²) in [6.07, 6.45) is -0.372. The van der Waals surface area contributed by atoms with Gasteiger partial charge in [-0.1, -0.05) is 47.7 Å². The number of hydrogen-bond donors (Lipinski definition) is 1. The summed E-state index contributed by atoms with van der Waals surface area (Å²) in [6, 6.07) is 8.98. The lowest BCUT2D eigenvalue weighted by Gasteiger charge is -2.15. The van der Waals surface area contributed by atoms with Gasteiger partial charge in [0.05, 0.1) is 18.8 Å². The highest BCUT2D eigenvalue weighted by molar-refractivity contribution is 9.10. The van der Waals surface area contributed by atoms with Crippen LogP contribution >= 0.6 is 27.3 Å². The van der Waals surface area contributed by atoms with Crippen molar-refractivity contribution in [3.63, 3.8) is 0 Å². The van der Waals surface area contributed by atoms with Crippen LogP contribution in [0.5, 0.6) is 0 Å². The van der Waals surface area contributed by atoms with Crippen molar-refractivity contribution in [2.45, 2.75) is 32.2 Å². The van der Waals surface area contributed by atoms with Crippen molar-refractivity contribution in [1.82, 2.24) is 10.3 Å². The van der Waals surface area contributed by atoms with Crippen LogP contribution in [0.1, 0.15) is 5.01 Å². The second kappa shape index (κ2) is 8.08. The summed E-state index contributed by atoms with van der Waals surface area (Å²) in [4.78, 5) is 16.2. The minimum Gasteiger partial charge on any atom is -0.450 e. The number of thiazole rings is 1. The standard InChI is InChI=1S/C16H21BrN2O2SSi/c1-23(2,3)9-8-21-16(20)18-10-15-19-14(11-22-15)12-4-6-13(17)7-5-12/h4-7,11H,8-10H2,1-3H3,(H,18,20). The highest BCUT2D eigenvalue weighted by Gasteiger charge is 2.14. The molecule has 0 aliphatic heterocycles. The molecule has 0 bridgehead atoms. The smallest absolute Gasteiger partial charge is 0.407 e. The fourth-order valence-corrected chi connectivity index (χ4v) is 3.52. The molecule has 1 amide bonds. The molecule has 2 rings (SSSR count). The van der Waals surface area contributed by atoms with Crippen LogP contribution in [0.25, 0.3) is 11.3 Å². The molecule has 4 nitrogen and oxygen atoms in total. The van der Waals surface area contributed by atoms with E-state index in [2.05, 4.69) is 45.9 Å². The van der Waals surface area contributed by atoms with Gasteiger partial charge in [0.25, 0.3) is 0 Å². The van der Waals surface area contributed by atoms with E-state index in [1.165, 1.54) is 11.3 Å². The first kappa shape index (κ1) is 18.2. The number of carbonyl (C=O) groups excluding carboxylic acids is 1. The third kappa shape index (κ3) is 6.45. The van der Waals surface area contributed by atoms with Crippen molar-refractivity contribution in [3.8, 4) is 11.3 Å². The largest absolute Gasteiger partial charge is 0.450 e. The molecule has 0 aliphatic carbocycles. The van der Waals surface area contributed by atoms with Crippen LogP contribution in [0.2, 0.25) is 25.7 Å². The Morgan fingerprint density at radius 3 is 2.65 bits per heavy atom. The van der Waals surface area contributed by atoms with Gasteiger partial charge in [-0.25, -0.2) is 9.78 Å². The molecule has 0 fully saturated rings. The molecule has 2 aromatic rings. The Bertz CT molecular complexity index is 653. The molecule has 0 unspecified atom stereocenters. The molecule has 0 spiro atoms. The molecule has 1 aromatic heterocycles. The van der Waals surface area contributed by atoms with Crippen LogP contribution in [0.4, 0.5) is 4.79 Å². The maximum Gasteiger partial charge on any atom is 0.407 e. The lowest BCUT2D eigenvalue weighted by atomic mass is 10.2. The number of rotatable bonds is 6. The highest BCUT2D eigenvalue weighted by atomic mass is 79.9. The predicted molar refractivity (Wildman–Crippen MR) is 102 cm³/mol. The summed E-state index contributed by atoms with van der Waals surface area (Å²) in [5.41, 5.74) is 1.99. The van der Waals surface area contributed by atoms with E-state index in [0.717, 1.165) is 26.8 Å². The zero-order chi connectivity index (χ0) is 16.9. The summed E-state index contributed by atoms with van der Waals surface area (Å²) in [5, 5.41) is 5.62. The van der Waals surface area contributed by atoms with E-state index in [4.69, 9.17) is 4.74 Å². The third-order valence-electron chi connectivity index (χ3n) is 3.16. The Labute approximate surface area is 150 Å². The quantitative estimate of drug-likeness (QED) is 0.668. The van der Waals surface area contributed by atoms with E-state index >= 15 is 0 Å². The van der Waals surface area contributed by atoms with E-state index in [9.17, 15) is 4.79 Å². The van der Waals surface area contributed by atoms with Gasteiger partial charge < -0.3 is 10.1 Å². The van der Waals surface area contributed by atoms with Crippen molar-refractivity contribution < 1.29 is 9.53 Å². The minimum absolute atomic E-state index is 0.372. The Morgan fingerprint density at radius 1 is 1.30 bits per heavy atom. The Balaban J connectivity index is 1.80. The number of hydrogen-bond acceptors (Lipinski definition) is 4. The van der Waals surface area contributed by atoms with E-state index in [0.29, 0.717) is 13.2 Å². The van der Waals surface area contributed by atoms with Gasteiger partial charge in [0.2, 0.25) is 0 Å². The number of aromatic nitrogens is 1. The zero-order valence-corrected chi connectivity index (χ0v) is 17.0. The molecule has 23 heavy (non-hydrogen) atoms. The number of nitrogens with one attached hydrogen (secondary N) is 1. The van der Waals surface area contributed by atoms with Crippen LogP contribution in [0, 0.1) is 0 Å². The van der Waals surface area contributed by atoms with Crippen LogP contribution in [-0.2, 0) is 11.3 Å². The lowest BCUT2D eigenvalue weighted by Crippen LogP contribution is -2.27. The van der Waals surface area contributed by atoms with E-state index in [1.54, 1.807) is 0 Å². The number of carbonyl (C=O) groups is 1. The van der Waals surface area contributed by atoms with Crippen LogP contribution in [-0.4, -0.2) is 25.8 Å². The van der Waals surface area contributed by atoms with Gasteiger partial charge in [0.15, 0.2) is 0 Å². The van der Waals surface area contributed by atoms with Gasteiger partial charge in [-0.15, -0.1) is 11.3 Å². The van der Waals surface area contributed by atoms with E-state index in [-0.39, 0.29) is 6.09 Å². The maximum atomic E-state index is 11.7. The first-order chi connectivity index (χ1) is 10.8. The number of nitrogens with zero attached hydrogens (tertiary/aromatic N) is 1. The first-order valence-electron chi connectivity index (χ1n) is 7.44. The SMILES string of the molecule is C[Si](C)(C)CCOC(=O)NCc1nc(-c2ccc(Br)cc2)cs1. The first-order valence-corrected chi connectivity index (χ1v) is 12.8. The molecule has 0 saturated heterocycles. The molecule has 7 heteroatoms. The topological polar surface area (TPSA) is 51.2 Å². The molecule has 0 radical (unpaired) electrons. The van der Waals surface area contributed by atoms with Crippen LogP contribution in [0.3, 0.4) is 0 Å². The van der Waals surface area contributed by atoms with Crippen LogP contribution in [0.15, 0.2) is 34.1 Å². The Morgan fingerprint density at radius 2 is 2.00 bits per heavy atom. The molecule has 1 aromatic carbocycles. The molecular formula is C16H21BrN2O2SSi. The zero-order valence-electron chi connectivity index (χ0n) is 13.6. The van der Waals surface area contributed by atoms with Gasteiger partial charge in [-0.05, 0) is 18.2 Å². The molecule has 1 N–H and O–H groups in total. The van der Waals surface area contributed by atoms with Crippen molar-refractivity contribution >= 4 is 41.4 Å². The number of amides is 1. The predicted octanol–water partition coefficient (Wildman–Crippen LogP) is 5.14. The maximum absolute atomic E-state index is 11.7. The summed E-state index contributed by atoms with van der Waals surface area (Å²) >= 11 is 4.95. The second-order valence-corrected chi connectivity index (χ2v) is 13.9. The monoisotopic (exact) mass is 412 g/mol. The molecule has 124 valence electrons. The van der Waals surface area contributed by atoms with Gasteiger partial charge >= 0.3 is 6.09 Å². The Kier molecular flexibility index (Phi) is 6.38. The van der Waals surface area contributed by atoms with E-state index < -0.39 is 8.07 Å². The number of benzene rings is 1. The van der Waals surface area contributed by atoms with Crippen molar-refractivity contribution in [2.75, 3.05) is 6.61 Å². The molecule has 0 saturated carbocycles. The third-order valence-corrected chi connectivity index (χ3v) is 6.24. The minimum atomic E-state index is -1.17. The van der Waals surface area contributed by atoms with Crippen molar-refractivity contribution in [2.24, 2.45) is 0 Å². The molecule has 1 heterocycles. The fraction of sp³-hybridized carbons (Fsp3) is 0.375. The molecular weight excluding hydrogens is 392 g/mol. The number of ether oxygens (including phenoxy) is 1. The van der Waals surface area contributed by atoms with Gasteiger partial charge in [0.1, 0.15) is 5.01 Å². The summed E-state index contributed by atoms with van der Waals surface area (Å²) in [5.74, 6) is 0. The van der Waals surface area contributed by atoms with E-state index in [1.807, 2.05) is 29.6 Å². The fourth-order valence-electron chi connectivity index (χ4n) is 1.79. The molecule has 0 aliphatic rings. The van der Waals surface area contributed by atoms with Crippen molar-refractivity contribution in [3.05, 3.63) is 39.1 Å². The molecule has 0 atom stereocenters. The van der Waals surface area contributed by atoms with Crippen LogP contribution < -0.4 is 5.32 Å². The van der Waals surface area contributed by atoms with Gasteiger partial charge in [-0.3, -0.25) is 0 Å². The normalized spacial score (nSPS) is 11.3. The van der Waals surface area contributed by atoms with Gasteiger partial charge in [-0.2, -0.15) is 0 Å². The summed E-state index contributed by atoms with van der Waals surface area (Å²) < 4.78 is 6.24. The second-order valence-electron chi connectivity index (χ2n) is 6.43. The average Bonchev–Trinajstić information content (AvgIpc) is 2.93. The number of alkyl carbamates (subject to hydrolysis) is 1. The summed E-state index contributed by atoms with van der Waals surface area (Å²) in [6.45, 7) is 7.66. The summed E-state index contributed by atoms with van der Waals surface area (Å²) in [7, 11) is -1.17. The lowest BCUT2D eigenvalue weighted by molar-refractivity contribution is 0.151. The number of halogens is 1. The van der Waals surface area contributed by atoms with Gasteiger partial charge in [0, 0.05) is 23.5 Å². The average molecular weight is 413 g/mol. The highest BCUT2D eigenvalue weighted by Crippen LogP contribution is 2.23. The van der Waals surface area contributed by atoms with Crippen molar-refractivity contribution in [1.29, 1.82) is 0 Å². The Hall–Kier alpha value is -1.18.